The van der Waals surface area contributed by atoms with Crippen molar-refractivity contribution in [2.45, 2.75) is 115 Å². The average molecular weight is 365 g/mol. The van der Waals surface area contributed by atoms with Crippen LogP contribution in [-0.2, 0) is 0 Å². The Kier molecular flexibility index (Phi) is 4.89. The fourth-order valence-corrected chi connectivity index (χ4v) is 8.00. The van der Waals surface area contributed by atoms with Gasteiger partial charge in [0.15, 0.2) is 0 Å². The van der Waals surface area contributed by atoms with Crippen molar-refractivity contribution in [1.29, 1.82) is 0 Å². The second-order valence-corrected chi connectivity index (χ2v) is 11.1. The standard InChI is InChI=1S/C27H40/c1-3-9-23(10-4-1)24-11-5-8-14-27(24)21-19-26(20-22-27)17-15-25(16-18-26)12-6-2-7-13-25/h1,3-4,9-10,24H,2,5-8,11-22H2. The highest BCUT2D eigenvalue weighted by Gasteiger charge is 2.50. The third-order valence-electron chi connectivity index (χ3n) is 9.95. The van der Waals surface area contributed by atoms with E-state index in [9.17, 15) is 0 Å². The van der Waals surface area contributed by atoms with Gasteiger partial charge in [0.25, 0.3) is 0 Å². The Morgan fingerprint density at radius 1 is 0.519 bits per heavy atom. The van der Waals surface area contributed by atoms with Crippen LogP contribution in [0.4, 0.5) is 0 Å². The summed E-state index contributed by atoms with van der Waals surface area (Å²) >= 11 is 0. The highest BCUT2D eigenvalue weighted by molar-refractivity contribution is 5.23. The second kappa shape index (κ2) is 7.23. The Morgan fingerprint density at radius 3 is 1.74 bits per heavy atom. The molecule has 4 aliphatic rings. The maximum Gasteiger partial charge on any atom is -0.0105 e. The van der Waals surface area contributed by atoms with Crippen molar-refractivity contribution >= 4 is 0 Å². The van der Waals surface area contributed by atoms with Crippen molar-refractivity contribution in [3.05, 3.63) is 35.9 Å². The zero-order valence-electron chi connectivity index (χ0n) is 17.5. The minimum Gasteiger partial charge on any atom is -0.0622 e. The van der Waals surface area contributed by atoms with E-state index in [0.29, 0.717) is 5.41 Å². The van der Waals surface area contributed by atoms with E-state index in [4.69, 9.17) is 0 Å². The molecule has 0 aliphatic heterocycles. The van der Waals surface area contributed by atoms with Gasteiger partial charge in [-0.2, -0.15) is 0 Å². The molecule has 0 saturated heterocycles. The van der Waals surface area contributed by atoms with Gasteiger partial charge in [-0.3, -0.25) is 0 Å². The Morgan fingerprint density at radius 2 is 1.07 bits per heavy atom. The van der Waals surface area contributed by atoms with E-state index in [0.717, 1.165) is 16.7 Å². The lowest BCUT2D eigenvalue weighted by atomic mass is 9.49. The topological polar surface area (TPSA) is 0 Å². The summed E-state index contributed by atoms with van der Waals surface area (Å²) in [4.78, 5) is 0. The zero-order chi connectivity index (χ0) is 18.2. The van der Waals surface area contributed by atoms with E-state index < -0.39 is 0 Å². The monoisotopic (exact) mass is 364 g/mol. The summed E-state index contributed by atoms with van der Waals surface area (Å²) in [5.41, 5.74) is 3.82. The molecule has 1 unspecified atom stereocenters. The van der Waals surface area contributed by atoms with Crippen molar-refractivity contribution in [2.75, 3.05) is 0 Å². The van der Waals surface area contributed by atoms with Crippen molar-refractivity contribution in [3.63, 3.8) is 0 Å². The molecule has 0 bridgehead atoms. The van der Waals surface area contributed by atoms with Crippen LogP contribution in [0.3, 0.4) is 0 Å². The Labute approximate surface area is 167 Å². The third-order valence-corrected chi connectivity index (χ3v) is 9.95. The Balaban J connectivity index is 1.28. The lowest BCUT2D eigenvalue weighted by Crippen LogP contribution is -2.43. The van der Waals surface area contributed by atoms with Crippen LogP contribution in [-0.4, -0.2) is 0 Å². The molecule has 0 nitrogen and oxygen atoms in total. The van der Waals surface area contributed by atoms with E-state index in [1.165, 1.54) is 57.8 Å². The summed E-state index contributed by atoms with van der Waals surface area (Å²) < 4.78 is 0. The SMILES string of the molecule is c1ccc(C2CCCCC23CCC2(CCC4(CCCCC4)CC2)CC3)cc1. The lowest BCUT2D eigenvalue weighted by Gasteiger charge is -2.56. The molecule has 1 aromatic rings. The smallest absolute Gasteiger partial charge is 0.0105 e. The van der Waals surface area contributed by atoms with E-state index >= 15 is 0 Å². The minimum atomic E-state index is 0.644. The first-order valence-corrected chi connectivity index (χ1v) is 12.3. The lowest BCUT2D eigenvalue weighted by molar-refractivity contribution is -0.0268. The number of hydrogen-bond donors (Lipinski definition) is 0. The van der Waals surface area contributed by atoms with Gasteiger partial charge in [-0.25, -0.2) is 0 Å². The summed E-state index contributed by atoms with van der Waals surface area (Å²) in [5.74, 6) is 0.845. The molecule has 0 radical (unpaired) electrons. The Bertz CT molecular complexity index is 601. The van der Waals surface area contributed by atoms with Crippen LogP contribution in [0.2, 0.25) is 0 Å². The van der Waals surface area contributed by atoms with Gasteiger partial charge in [-0.15, -0.1) is 0 Å². The molecule has 1 aromatic carbocycles. The van der Waals surface area contributed by atoms with Gasteiger partial charge >= 0.3 is 0 Å². The predicted octanol–water partition coefficient (Wildman–Crippen LogP) is 8.42. The highest BCUT2D eigenvalue weighted by atomic mass is 14.5. The van der Waals surface area contributed by atoms with Crippen LogP contribution < -0.4 is 0 Å². The largest absolute Gasteiger partial charge is 0.0622 e. The van der Waals surface area contributed by atoms with Gasteiger partial charge in [-0.05, 0) is 105 Å². The fraction of sp³-hybridized carbons (Fsp3) is 0.778. The van der Waals surface area contributed by atoms with Crippen LogP contribution >= 0.6 is 0 Å². The molecule has 0 heterocycles. The summed E-state index contributed by atoms with van der Waals surface area (Å²) in [6.45, 7) is 0. The summed E-state index contributed by atoms with van der Waals surface area (Å²) in [6, 6.07) is 11.6. The molecule has 0 heteroatoms. The van der Waals surface area contributed by atoms with Crippen LogP contribution in [0.5, 0.6) is 0 Å². The minimum absolute atomic E-state index is 0.644. The molecule has 0 N–H and O–H groups in total. The normalized spacial score (nSPS) is 31.9. The van der Waals surface area contributed by atoms with Gasteiger partial charge in [0.2, 0.25) is 0 Å². The molecule has 4 fully saturated rings. The first-order valence-electron chi connectivity index (χ1n) is 12.3. The molecule has 5 rings (SSSR count). The van der Waals surface area contributed by atoms with Crippen molar-refractivity contribution in [1.82, 2.24) is 0 Å². The van der Waals surface area contributed by atoms with E-state index in [2.05, 4.69) is 30.3 Å². The highest BCUT2D eigenvalue weighted by Crippen LogP contribution is 2.63. The molecule has 0 aromatic heterocycles. The first-order chi connectivity index (χ1) is 13.2. The number of benzene rings is 1. The number of hydrogen-bond acceptors (Lipinski definition) is 0. The molecule has 3 spiro atoms. The van der Waals surface area contributed by atoms with E-state index in [1.54, 1.807) is 56.9 Å². The predicted molar refractivity (Wildman–Crippen MR) is 115 cm³/mol. The quantitative estimate of drug-likeness (QED) is 0.469. The maximum atomic E-state index is 2.43. The zero-order valence-corrected chi connectivity index (χ0v) is 17.5. The summed E-state index contributed by atoms with van der Waals surface area (Å²) in [7, 11) is 0. The first kappa shape index (κ1) is 18.3. The van der Waals surface area contributed by atoms with Crippen molar-refractivity contribution in [2.24, 2.45) is 16.2 Å². The molecule has 148 valence electrons. The van der Waals surface area contributed by atoms with Gasteiger partial charge < -0.3 is 0 Å². The van der Waals surface area contributed by atoms with Crippen LogP contribution in [0.25, 0.3) is 0 Å². The molecule has 27 heavy (non-hydrogen) atoms. The van der Waals surface area contributed by atoms with Crippen LogP contribution in [0.1, 0.15) is 121 Å². The molecular formula is C27H40. The van der Waals surface area contributed by atoms with Crippen LogP contribution in [0, 0.1) is 16.2 Å². The molecule has 1 atom stereocenters. The molecule has 4 aliphatic carbocycles. The summed E-state index contributed by atoms with van der Waals surface area (Å²) in [5, 5.41) is 0. The van der Waals surface area contributed by atoms with E-state index in [1.807, 2.05) is 0 Å². The third kappa shape index (κ3) is 3.40. The number of rotatable bonds is 1. The van der Waals surface area contributed by atoms with Gasteiger partial charge in [0.1, 0.15) is 0 Å². The van der Waals surface area contributed by atoms with Gasteiger partial charge in [-0.1, -0.05) is 62.4 Å². The van der Waals surface area contributed by atoms with Crippen molar-refractivity contribution in [3.8, 4) is 0 Å². The molecule has 4 saturated carbocycles. The fourth-order valence-electron chi connectivity index (χ4n) is 8.00. The maximum absolute atomic E-state index is 2.43. The van der Waals surface area contributed by atoms with Gasteiger partial charge in [0.05, 0.1) is 0 Å². The molecular weight excluding hydrogens is 324 g/mol. The summed E-state index contributed by atoms with van der Waals surface area (Å²) in [6.07, 6.45) is 26.0. The average Bonchev–Trinajstić information content (AvgIpc) is 2.75. The van der Waals surface area contributed by atoms with E-state index in [-0.39, 0.29) is 0 Å². The second-order valence-electron chi connectivity index (χ2n) is 11.1. The van der Waals surface area contributed by atoms with Crippen LogP contribution in [0.15, 0.2) is 30.3 Å². The molecule has 0 amide bonds. The van der Waals surface area contributed by atoms with Crippen molar-refractivity contribution < 1.29 is 0 Å². The Hall–Kier alpha value is -0.780. The van der Waals surface area contributed by atoms with Gasteiger partial charge in [0, 0.05) is 0 Å².